The number of anilines is 3. The molecule has 0 aromatic carbocycles. The molecule has 1 aliphatic rings. The third kappa shape index (κ3) is 2.38. The number of methoxy groups -OCH3 is 1. The van der Waals surface area contributed by atoms with Gasteiger partial charge in [0.2, 0.25) is 5.75 Å². The van der Waals surface area contributed by atoms with Crippen LogP contribution >= 0.6 is 0 Å². The molecule has 1 saturated heterocycles. The topological polar surface area (TPSA) is 79.0 Å². The lowest BCUT2D eigenvalue weighted by Crippen LogP contribution is -2.20. The van der Waals surface area contributed by atoms with Gasteiger partial charge in [-0.05, 0) is 19.8 Å². The van der Waals surface area contributed by atoms with Gasteiger partial charge in [0, 0.05) is 24.8 Å². The molecule has 2 aromatic heterocycles. The lowest BCUT2D eigenvalue weighted by Gasteiger charge is -2.20. The van der Waals surface area contributed by atoms with Crippen molar-refractivity contribution >= 4 is 17.5 Å². The van der Waals surface area contributed by atoms with Crippen LogP contribution < -0.4 is 15.0 Å². The smallest absolute Gasteiger partial charge is 0.204 e. The number of hydrogen-bond acceptors (Lipinski definition) is 6. The molecule has 0 saturated carbocycles. The molecule has 1 aliphatic heterocycles. The minimum atomic E-state index is 0.635. The van der Waals surface area contributed by atoms with E-state index in [9.17, 15) is 0 Å². The predicted octanol–water partition coefficient (Wildman–Crippen LogP) is 1.86. The summed E-state index contributed by atoms with van der Waals surface area (Å²) >= 11 is 0. The molecule has 7 heteroatoms. The largest absolute Gasteiger partial charge is 0.490 e. The SMILES string of the molecule is COc1c(Nc2cc(C)[nH]n2)ncnc1N1CCCC1. The van der Waals surface area contributed by atoms with Gasteiger partial charge in [0.1, 0.15) is 6.33 Å². The minimum absolute atomic E-state index is 0.635. The molecular weight excluding hydrogens is 256 g/mol. The molecule has 2 aromatic rings. The average Bonchev–Trinajstić information content (AvgIpc) is 3.10. The van der Waals surface area contributed by atoms with E-state index in [-0.39, 0.29) is 0 Å². The van der Waals surface area contributed by atoms with Crippen LogP contribution in [-0.2, 0) is 0 Å². The molecule has 0 amide bonds. The Kier molecular flexibility index (Phi) is 3.41. The Hall–Kier alpha value is -2.31. The summed E-state index contributed by atoms with van der Waals surface area (Å²) in [4.78, 5) is 10.8. The second-order valence-corrected chi connectivity index (χ2v) is 4.83. The van der Waals surface area contributed by atoms with Crippen LogP contribution in [0.25, 0.3) is 0 Å². The quantitative estimate of drug-likeness (QED) is 0.886. The van der Waals surface area contributed by atoms with Crippen molar-refractivity contribution in [3.63, 3.8) is 0 Å². The number of H-pyrrole nitrogens is 1. The molecule has 7 nitrogen and oxygen atoms in total. The van der Waals surface area contributed by atoms with Crippen molar-refractivity contribution in [3.8, 4) is 5.75 Å². The first-order valence-corrected chi connectivity index (χ1v) is 6.71. The van der Waals surface area contributed by atoms with Gasteiger partial charge in [-0.15, -0.1) is 0 Å². The molecule has 3 rings (SSSR count). The van der Waals surface area contributed by atoms with E-state index in [1.54, 1.807) is 13.4 Å². The third-order valence-electron chi connectivity index (χ3n) is 3.35. The standard InChI is InChI=1S/C13H18N6O/c1-9-7-10(18-17-9)16-12-11(20-2)13(15-8-14-12)19-5-3-4-6-19/h7-8H,3-6H2,1-2H3,(H2,14,15,16,17,18). The van der Waals surface area contributed by atoms with Crippen LogP contribution in [0.2, 0.25) is 0 Å². The summed E-state index contributed by atoms with van der Waals surface area (Å²) in [5.74, 6) is 2.85. The normalized spacial score (nSPS) is 14.6. The van der Waals surface area contributed by atoms with Gasteiger partial charge in [-0.25, -0.2) is 9.97 Å². The summed E-state index contributed by atoms with van der Waals surface area (Å²) in [5, 5.41) is 10.2. The van der Waals surface area contributed by atoms with Gasteiger partial charge in [-0.2, -0.15) is 5.10 Å². The number of aromatic nitrogens is 4. The van der Waals surface area contributed by atoms with Crippen LogP contribution in [0.1, 0.15) is 18.5 Å². The number of aryl methyl sites for hydroxylation is 1. The Morgan fingerprint density at radius 3 is 2.75 bits per heavy atom. The summed E-state index contributed by atoms with van der Waals surface area (Å²) in [5.41, 5.74) is 0.986. The van der Waals surface area contributed by atoms with E-state index in [1.807, 2.05) is 13.0 Å². The molecule has 0 aliphatic carbocycles. The highest BCUT2D eigenvalue weighted by molar-refractivity contribution is 5.69. The zero-order valence-electron chi connectivity index (χ0n) is 11.7. The molecule has 0 atom stereocenters. The monoisotopic (exact) mass is 274 g/mol. The highest BCUT2D eigenvalue weighted by Crippen LogP contribution is 2.34. The van der Waals surface area contributed by atoms with E-state index >= 15 is 0 Å². The molecule has 106 valence electrons. The molecule has 0 unspecified atom stereocenters. The second-order valence-electron chi connectivity index (χ2n) is 4.83. The van der Waals surface area contributed by atoms with E-state index in [0.29, 0.717) is 17.4 Å². The first-order valence-electron chi connectivity index (χ1n) is 6.71. The highest BCUT2D eigenvalue weighted by Gasteiger charge is 2.21. The van der Waals surface area contributed by atoms with Crippen LogP contribution in [0.5, 0.6) is 5.75 Å². The number of nitrogens with zero attached hydrogens (tertiary/aromatic N) is 4. The summed E-state index contributed by atoms with van der Waals surface area (Å²) in [6.07, 6.45) is 3.93. The number of nitrogens with one attached hydrogen (secondary N) is 2. The Morgan fingerprint density at radius 1 is 1.30 bits per heavy atom. The maximum absolute atomic E-state index is 5.50. The van der Waals surface area contributed by atoms with Gasteiger partial charge in [0.05, 0.1) is 7.11 Å². The summed E-state index contributed by atoms with van der Waals surface area (Å²) in [6, 6.07) is 1.91. The number of hydrogen-bond donors (Lipinski definition) is 2. The van der Waals surface area contributed by atoms with Crippen molar-refractivity contribution in [3.05, 3.63) is 18.1 Å². The molecule has 2 N–H and O–H groups in total. The first-order chi connectivity index (χ1) is 9.78. The van der Waals surface area contributed by atoms with Gasteiger partial charge in [0.15, 0.2) is 17.5 Å². The molecule has 3 heterocycles. The van der Waals surface area contributed by atoms with E-state index in [1.165, 1.54) is 12.8 Å². The number of rotatable bonds is 4. The van der Waals surface area contributed by atoms with Gasteiger partial charge in [-0.3, -0.25) is 5.10 Å². The minimum Gasteiger partial charge on any atom is -0.490 e. The van der Waals surface area contributed by atoms with E-state index in [4.69, 9.17) is 4.74 Å². The number of aromatic amines is 1. The predicted molar refractivity (Wildman–Crippen MR) is 76.6 cm³/mol. The Bertz CT molecular complexity index is 590. The highest BCUT2D eigenvalue weighted by atomic mass is 16.5. The first kappa shape index (κ1) is 12.7. The van der Waals surface area contributed by atoms with Crippen LogP contribution in [-0.4, -0.2) is 40.4 Å². The molecule has 0 spiro atoms. The van der Waals surface area contributed by atoms with Gasteiger partial charge in [-0.1, -0.05) is 0 Å². The van der Waals surface area contributed by atoms with Crippen molar-refractivity contribution in [2.24, 2.45) is 0 Å². The van der Waals surface area contributed by atoms with Crippen molar-refractivity contribution in [1.82, 2.24) is 20.2 Å². The second kappa shape index (κ2) is 5.36. The maximum Gasteiger partial charge on any atom is 0.204 e. The average molecular weight is 274 g/mol. The van der Waals surface area contributed by atoms with Crippen molar-refractivity contribution < 1.29 is 4.74 Å². The van der Waals surface area contributed by atoms with E-state index < -0.39 is 0 Å². The molecule has 0 bridgehead atoms. The van der Waals surface area contributed by atoms with Gasteiger partial charge >= 0.3 is 0 Å². The number of ether oxygens (including phenoxy) is 1. The van der Waals surface area contributed by atoms with Crippen molar-refractivity contribution in [2.45, 2.75) is 19.8 Å². The lowest BCUT2D eigenvalue weighted by molar-refractivity contribution is 0.413. The Balaban J connectivity index is 1.91. The van der Waals surface area contributed by atoms with Crippen molar-refractivity contribution in [1.29, 1.82) is 0 Å². The molecule has 0 radical (unpaired) electrons. The van der Waals surface area contributed by atoms with Gasteiger partial charge in [0.25, 0.3) is 0 Å². The molecule has 1 fully saturated rings. The van der Waals surface area contributed by atoms with Crippen molar-refractivity contribution in [2.75, 3.05) is 30.4 Å². The zero-order valence-corrected chi connectivity index (χ0v) is 11.7. The summed E-state index contributed by atoms with van der Waals surface area (Å²) in [6.45, 7) is 3.97. The van der Waals surface area contributed by atoms with Crippen LogP contribution in [0.3, 0.4) is 0 Å². The molecular formula is C13H18N6O. The lowest BCUT2D eigenvalue weighted by atomic mass is 10.4. The fraction of sp³-hybridized carbons (Fsp3) is 0.462. The van der Waals surface area contributed by atoms with Gasteiger partial charge < -0.3 is 15.0 Å². The van der Waals surface area contributed by atoms with Crippen LogP contribution in [0.15, 0.2) is 12.4 Å². The maximum atomic E-state index is 5.50. The Labute approximate surface area is 117 Å². The fourth-order valence-electron chi connectivity index (χ4n) is 2.40. The van der Waals surface area contributed by atoms with E-state index in [2.05, 4.69) is 30.4 Å². The third-order valence-corrected chi connectivity index (χ3v) is 3.35. The molecule has 20 heavy (non-hydrogen) atoms. The summed E-state index contributed by atoms with van der Waals surface area (Å²) in [7, 11) is 1.64. The van der Waals surface area contributed by atoms with E-state index in [0.717, 1.165) is 24.6 Å². The fourth-order valence-corrected chi connectivity index (χ4v) is 2.40. The van der Waals surface area contributed by atoms with Crippen LogP contribution in [0, 0.1) is 6.92 Å². The van der Waals surface area contributed by atoms with Crippen LogP contribution in [0.4, 0.5) is 17.5 Å². The zero-order chi connectivity index (χ0) is 13.9. The Morgan fingerprint density at radius 2 is 2.10 bits per heavy atom. The summed E-state index contributed by atoms with van der Waals surface area (Å²) < 4.78 is 5.50.